The van der Waals surface area contributed by atoms with Gasteiger partial charge < -0.3 is 0 Å². The highest BCUT2D eigenvalue weighted by molar-refractivity contribution is 9.10. The molecule has 0 aliphatic rings. The molecule has 0 amide bonds. The average Bonchev–Trinajstić information content (AvgIpc) is 3.02. The molecule has 3 rings (SSSR count). The highest BCUT2D eigenvalue weighted by Gasteiger charge is 2.10. The number of nitrogens with zero attached hydrogens (tertiary/aromatic N) is 4. The predicted molar refractivity (Wildman–Crippen MR) is 79.9 cm³/mol. The van der Waals surface area contributed by atoms with Crippen LogP contribution in [-0.4, -0.2) is 19.6 Å². The number of nitriles is 1. The van der Waals surface area contributed by atoms with Crippen molar-refractivity contribution in [1.29, 1.82) is 5.26 Å². The Hall–Kier alpha value is -1.63. The second-order valence-electron chi connectivity index (χ2n) is 3.79. The first-order valence-corrected chi connectivity index (χ1v) is 8.12. The summed E-state index contributed by atoms with van der Waals surface area (Å²) >= 11 is 6.47. The smallest absolute Gasteiger partial charge is 0.285 e. The van der Waals surface area contributed by atoms with E-state index in [-0.39, 0.29) is 11.2 Å². The molecule has 3 aromatic heterocycles. The van der Waals surface area contributed by atoms with E-state index in [1.165, 1.54) is 18.0 Å². The summed E-state index contributed by atoms with van der Waals surface area (Å²) < 4.78 is 2.13. The van der Waals surface area contributed by atoms with Gasteiger partial charge in [0.1, 0.15) is 11.6 Å². The Labute approximate surface area is 129 Å². The largest absolute Gasteiger partial charge is 0.350 e. The van der Waals surface area contributed by atoms with E-state index in [9.17, 15) is 4.79 Å². The molecule has 0 saturated carbocycles. The zero-order valence-electron chi connectivity index (χ0n) is 9.83. The Morgan fingerprint density at radius 1 is 1.55 bits per heavy atom. The van der Waals surface area contributed by atoms with E-state index >= 15 is 0 Å². The maximum Gasteiger partial charge on any atom is 0.350 e. The maximum absolute atomic E-state index is 11.8. The first kappa shape index (κ1) is 13.4. The van der Waals surface area contributed by atoms with Crippen molar-refractivity contribution >= 4 is 44.7 Å². The SMILES string of the molecule is N#Cc1cnn2c(=O)[nH]c(SCc3cscc3Br)nc12. The van der Waals surface area contributed by atoms with Gasteiger partial charge in [-0.3, -0.25) is 4.98 Å². The van der Waals surface area contributed by atoms with Crippen LogP contribution < -0.4 is 5.69 Å². The third-order valence-corrected chi connectivity index (χ3v) is 5.29. The predicted octanol–water partition coefficient (Wildman–Crippen LogP) is 2.41. The molecule has 1 N–H and O–H groups in total. The van der Waals surface area contributed by atoms with Gasteiger partial charge in [0.05, 0.1) is 6.20 Å². The van der Waals surface area contributed by atoms with Crippen LogP contribution >= 0.6 is 39.0 Å². The van der Waals surface area contributed by atoms with Crippen molar-refractivity contribution in [3.63, 3.8) is 0 Å². The Kier molecular flexibility index (Phi) is 3.60. The molecule has 6 nitrogen and oxygen atoms in total. The summed E-state index contributed by atoms with van der Waals surface area (Å²) in [5.74, 6) is 0.680. The zero-order valence-corrected chi connectivity index (χ0v) is 13.0. The molecule has 3 aromatic rings. The summed E-state index contributed by atoms with van der Waals surface area (Å²) in [6.07, 6.45) is 1.33. The summed E-state index contributed by atoms with van der Waals surface area (Å²) in [7, 11) is 0. The molecule has 100 valence electrons. The monoisotopic (exact) mass is 367 g/mol. The molecule has 0 aromatic carbocycles. The van der Waals surface area contributed by atoms with Crippen molar-refractivity contribution in [3.05, 3.63) is 43.0 Å². The van der Waals surface area contributed by atoms with Gasteiger partial charge in [0.25, 0.3) is 0 Å². The molecule has 0 unspecified atom stereocenters. The van der Waals surface area contributed by atoms with Crippen molar-refractivity contribution in [2.45, 2.75) is 10.9 Å². The minimum Gasteiger partial charge on any atom is -0.285 e. The number of halogens is 1. The number of aromatic amines is 1. The van der Waals surface area contributed by atoms with Crippen LogP contribution in [0.5, 0.6) is 0 Å². The summed E-state index contributed by atoms with van der Waals surface area (Å²) in [4.78, 5) is 18.7. The number of hydrogen-bond donors (Lipinski definition) is 1. The van der Waals surface area contributed by atoms with Gasteiger partial charge in [-0.1, -0.05) is 11.8 Å². The number of hydrogen-bond acceptors (Lipinski definition) is 6. The lowest BCUT2D eigenvalue weighted by atomic mass is 10.4. The lowest BCUT2D eigenvalue weighted by molar-refractivity contribution is 0.786. The fourth-order valence-corrected chi connectivity index (χ4v) is 4.15. The summed E-state index contributed by atoms with van der Waals surface area (Å²) in [5, 5.41) is 17.3. The molecule has 0 aliphatic heterocycles. The van der Waals surface area contributed by atoms with Crippen LogP contribution in [0.3, 0.4) is 0 Å². The Balaban J connectivity index is 1.94. The lowest BCUT2D eigenvalue weighted by Crippen LogP contribution is -2.19. The van der Waals surface area contributed by atoms with Crippen molar-refractivity contribution in [3.8, 4) is 6.07 Å². The van der Waals surface area contributed by atoms with Gasteiger partial charge in [-0.15, -0.1) is 0 Å². The molecule has 0 bridgehead atoms. The Bertz CT molecular complexity index is 875. The molecule has 0 fully saturated rings. The standard InChI is InChI=1S/C11H6BrN5OS2/c12-8-5-19-3-7(8)4-20-10-15-9-6(1-13)2-14-17(9)11(18)16-10/h2-3,5H,4H2,(H,15,16,18). The fraction of sp³-hybridized carbons (Fsp3) is 0.0909. The van der Waals surface area contributed by atoms with E-state index in [0.29, 0.717) is 10.9 Å². The summed E-state index contributed by atoms with van der Waals surface area (Å²) in [5.41, 5.74) is 1.30. The summed E-state index contributed by atoms with van der Waals surface area (Å²) in [6.45, 7) is 0. The average molecular weight is 368 g/mol. The Morgan fingerprint density at radius 2 is 2.40 bits per heavy atom. The van der Waals surface area contributed by atoms with Crippen LogP contribution in [0.1, 0.15) is 11.1 Å². The van der Waals surface area contributed by atoms with Crippen molar-refractivity contribution in [2.75, 3.05) is 0 Å². The first-order chi connectivity index (χ1) is 9.69. The number of thioether (sulfide) groups is 1. The first-order valence-electron chi connectivity index (χ1n) is 5.40. The van der Waals surface area contributed by atoms with E-state index in [1.54, 1.807) is 11.3 Å². The van der Waals surface area contributed by atoms with Crippen LogP contribution in [0, 0.1) is 11.3 Å². The minimum absolute atomic E-state index is 0.281. The number of H-pyrrole nitrogens is 1. The van der Waals surface area contributed by atoms with Gasteiger partial charge in [-0.2, -0.15) is 26.2 Å². The van der Waals surface area contributed by atoms with Gasteiger partial charge in [0.2, 0.25) is 0 Å². The lowest BCUT2D eigenvalue weighted by Gasteiger charge is -2.01. The second kappa shape index (κ2) is 5.40. The Morgan fingerprint density at radius 3 is 3.10 bits per heavy atom. The van der Waals surface area contributed by atoms with Crippen LogP contribution in [0.25, 0.3) is 5.65 Å². The molecule has 0 saturated heterocycles. The van der Waals surface area contributed by atoms with E-state index < -0.39 is 5.69 Å². The van der Waals surface area contributed by atoms with Crippen LogP contribution in [-0.2, 0) is 5.75 Å². The third-order valence-electron chi connectivity index (χ3n) is 2.53. The molecular weight excluding hydrogens is 362 g/mol. The normalized spacial score (nSPS) is 10.8. The van der Waals surface area contributed by atoms with Crippen molar-refractivity contribution in [2.24, 2.45) is 0 Å². The number of rotatable bonds is 3. The molecule has 20 heavy (non-hydrogen) atoms. The molecule has 9 heteroatoms. The van der Waals surface area contributed by atoms with Crippen LogP contribution in [0.2, 0.25) is 0 Å². The van der Waals surface area contributed by atoms with E-state index in [4.69, 9.17) is 5.26 Å². The van der Waals surface area contributed by atoms with Gasteiger partial charge in [0.15, 0.2) is 10.8 Å². The maximum atomic E-state index is 11.8. The van der Waals surface area contributed by atoms with Crippen molar-refractivity contribution < 1.29 is 0 Å². The minimum atomic E-state index is -0.400. The summed E-state index contributed by atoms with van der Waals surface area (Å²) in [6, 6.07) is 1.97. The number of thiophene rings is 1. The van der Waals surface area contributed by atoms with E-state index in [0.717, 1.165) is 14.6 Å². The second-order valence-corrected chi connectivity index (χ2v) is 6.35. The van der Waals surface area contributed by atoms with E-state index in [2.05, 4.69) is 31.0 Å². The van der Waals surface area contributed by atoms with Crippen LogP contribution in [0.4, 0.5) is 0 Å². The zero-order chi connectivity index (χ0) is 14.1. The molecule has 0 aliphatic carbocycles. The van der Waals surface area contributed by atoms with Gasteiger partial charge >= 0.3 is 5.69 Å². The fourth-order valence-electron chi connectivity index (χ4n) is 1.57. The number of nitrogens with one attached hydrogen (secondary N) is 1. The third kappa shape index (κ3) is 2.37. The molecule has 0 spiro atoms. The number of aromatic nitrogens is 4. The quantitative estimate of drug-likeness (QED) is 0.718. The number of fused-ring (bicyclic) bond motifs is 1. The van der Waals surface area contributed by atoms with Gasteiger partial charge in [0, 0.05) is 15.6 Å². The molecule has 0 atom stereocenters. The van der Waals surface area contributed by atoms with E-state index in [1.807, 2.05) is 16.8 Å². The highest BCUT2D eigenvalue weighted by Crippen LogP contribution is 2.27. The molecule has 3 heterocycles. The van der Waals surface area contributed by atoms with Gasteiger partial charge in [-0.05, 0) is 26.9 Å². The molecular formula is C11H6BrN5OS2. The van der Waals surface area contributed by atoms with Crippen LogP contribution in [0.15, 0.2) is 31.4 Å². The van der Waals surface area contributed by atoms with Crippen molar-refractivity contribution in [1.82, 2.24) is 19.6 Å². The van der Waals surface area contributed by atoms with Gasteiger partial charge in [-0.25, -0.2) is 9.78 Å². The highest BCUT2D eigenvalue weighted by atomic mass is 79.9. The molecule has 0 radical (unpaired) electrons. The topological polar surface area (TPSA) is 86.8 Å².